The van der Waals surface area contributed by atoms with Gasteiger partial charge in [0.2, 0.25) is 10.0 Å². The van der Waals surface area contributed by atoms with Crippen LogP contribution in [0.3, 0.4) is 0 Å². The number of Topliss-reactive ketones (excluding diaryl/α,β-unsaturated/α-hetero) is 1. The molecule has 1 amide bonds. The molecule has 0 unspecified atom stereocenters. The van der Waals surface area contributed by atoms with E-state index in [-0.39, 0.29) is 17.0 Å². The zero-order valence-electron chi connectivity index (χ0n) is 14.0. The van der Waals surface area contributed by atoms with E-state index < -0.39 is 21.7 Å². The van der Waals surface area contributed by atoms with E-state index in [0.29, 0.717) is 34.4 Å². The van der Waals surface area contributed by atoms with Gasteiger partial charge in [0, 0.05) is 13.1 Å². The molecule has 6 nitrogen and oxygen atoms in total. The third kappa shape index (κ3) is 3.04. The van der Waals surface area contributed by atoms with E-state index in [4.69, 9.17) is 23.2 Å². The molecule has 9 heteroatoms. The van der Waals surface area contributed by atoms with E-state index in [1.807, 2.05) is 0 Å². The lowest BCUT2D eigenvalue weighted by Crippen LogP contribution is -2.41. The molecule has 140 valence electrons. The average molecular weight is 425 g/mol. The molecule has 2 aliphatic heterocycles. The van der Waals surface area contributed by atoms with Crippen molar-refractivity contribution in [2.45, 2.75) is 17.9 Å². The smallest absolute Gasteiger partial charge is 0.299 e. The van der Waals surface area contributed by atoms with Crippen molar-refractivity contribution in [3.63, 3.8) is 0 Å². The molecule has 0 saturated carbocycles. The molecule has 0 aromatic heterocycles. The van der Waals surface area contributed by atoms with Gasteiger partial charge in [-0.15, -0.1) is 0 Å². The maximum absolute atomic E-state index is 12.5. The average Bonchev–Trinajstić information content (AvgIpc) is 2.81. The maximum atomic E-state index is 12.5. The number of ketones is 1. The molecular weight excluding hydrogens is 411 g/mol. The van der Waals surface area contributed by atoms with Crippen LogP contribution in [0.1, 0.15) is 22.3 Å². The number of fused-ring (bicyclic) bond motifs is 1. The number of benzene rings is 2. The molecule has 0 radical (unpaired) electrons. The van der Waals surface area contributed by atoms with Gasteiger partial charge in [0.15, 0.2) is 0 Å². The highest BCUT2D eigenvalue weighted by Crippen LogP contribution is 2.34. The SMILES string of the molecule is O=C1C(=O)N(Cc2ccc(Cl)c(Cl)c2)c2ccc(S(=O)(=O)N3CCC3)cc21. The lowest BCUT2D eigenvalue weighted by Gasteiger charge is -2.29. The Morgan fingerprint density at radius 2 is 1.70 bits per heavy atom. The van der Waals surface area contributed by atoms with Crippen LogP contribution in [-0.4, -0.2) is 37.5 Å². The summed E-state index contributed by atoms with van der Waals surface area (Å²) in [7, 11) is -3.63. The van der Waals surface area contributed by atoms with Gasteiger partial charge in [-0.05, 0) is 42.3 Å². The fraction of sp³-hybridized carbons (Fsp3) is 0.222. The van der Waals surface area contributed by atoms with E-state index in [1.54, 1.807) is 18.2 Å². The normalized spacial score (nSPS) is 17.2. The Kier molecular flexibility index (Phi) is 4.50. The minimum atomic E-state index is -3.63. The number of halogens is 2. The number of hydrogen-bond acceptors (Lipinski definition) is 4. The van der Waals surface area contributed by atoms with Crippen molar-refractivity contribution >= 4 is 50.6 Å². The maximum Gasteiger partial charge on any atom is 0.299 e. The van der Waals surface area contributed by atoms with Crippen molar-refractivity contribution in [3.05, 3.63) is 57.6 Å². The Labute approximate surface area is 166 Å². The van der Waals surface area contributed by atoms with Crippen molar-refractivity contribution in [2.24, 2.45) is 0 Å². The Balaban J connectivity index is 1.69. The van der Waals surface area contributed by atoms with Gasteiger partial charge in [0.05, 0.1) is 32.7 Å². The molecule has 0 spiro atoms. The van der Waals surface area contributed by atoms with Gasteiger partial charge in [-0.2, -0.15) is 4.31 Å². The Hall–Kier alpha value is -1.93. The van der Waals surface area contributed by atoms with Crippen molar-refractivity contribution in [1.29, 1.82) is 0 Å². The van der Waals surface area contributed by atoms with Gasteiger partial charge in [-0.1, -0.05) is 29.3 Å². The van der Waals surface area contributed by atoms with E-state index in [9.17, 15) is 18.0 Å². The van der Waals surface area contributed by atoms with Gasteiger partial charge in [0.25, 0.3) is 11.7 Å². The Morgan fingerprint density at radius 3 is 2.33 bits per heavy atom. The highest BCUT2D eigenvalue weighted by Gasteiger charge is 2.38. The number of carbonyl (C=O) groups excluding carboxylic acids is 2. The molecule has 2 aromatic rings. The zero-order valence-corrected chi connectivity index (χ0v) is 16.3. The summed E-state index contributed by atoms with van der Waals surface area (Å²) in [6.45, 7) is 1.07. The van der Waals surface area contributed by atoms with E-state index in [0.717, 1.165) is 6.42 Å². The first-order valence-electron chi connectivity index (χ1n) is 8.23. The molecule has 1 fully saturated rings. The van der Waals surface area contributed by atoms with Gasteiger partial charge in [0.1, 0.15) is 0 Å². The largest absolute Gasteiger partial charge is 0.300 e. The predicted octanol–water partition coefficient (Wildman–Crippen LogP) is 3.12. The molecule has 2 aromatic carbocycles. The number of nitrogens with zero attached hydrogens (tertiary/aromatic N) is 2. The molecule has 0 atom stereocenters. The van der Waals surface area contributed by atoms with E-state index in [2.05, 4.69) is 0 Å². The molecule has 2 aliphatic rings. The first kappa shape index (κ1) is 18.4. The highest BCUT2D eigenvalue weighted by molar-refractivity contribution is 7.89. The van der Waals surface area contributed by atoms with Crippen molar-refractivity contribution in [3.8, 4) is 0 Å². The third-order valence-corrected chi connectivity index (χ3v) is 7.35. The molecule has 0 bridgehead atoms. The van der Waals surface area contributed by atoms with Crippen LogP contribution in [0.25, 0.3) is 0 Å². The van der Waals surface area contributed by atoms with Crippen molar-refractivity contribution < 1.29 is 18.0 Å². The molecule has 0 aliphatic carbocycles. The summed E-state index contributed by atoms with van der Waals surface area (Å²) in [6.07, 6.45) is 0.818. The van der Waals surface area contributed by atoms with Crippen LogP contribution in [0.2, 0.25) is 10.0 Å². The number of rotatable bonds is 4. The minimum Gasteiger partial charge on any atom is -0.300 e. The minimum absolute atomic E-state index is 0.0264. The Bertz CT molecular complexity index is 1080. The fourth-order valence-electron chi connectivity index (χ4n) is 3.09. The van der Waals surface area contributed by atoms with E-state index in [1.165, 1.54) is 27.4 Å². The van der Waals surface area contributed by atoms with Crippen molar-refractivity contribution in [2.75, 3.05) is 18.0 Å². The number of sulfonamides is 1. The first-order chi connectivity index (χ1) is 12.8. The second-order valence-corrected chi connectivity index (χ2v) is 9.16. The summed E-state index contributed by atoms with van der Waals surface area (Å²) >= 11 is 11.9. The van der Waals surface area contributed by atoms with E-state index >= 15 is 0 Å². The lowest BCUT2D eigenvalue weighted by molar-refractivity contribution is -0.114. The molecule has 4 rings (SSSR count). The summed E-state index contributed by atoms with van der Waals surface area (Å²) in [5, 5.41) is 0.744. The van der Waals surface area contributed by atoms with Crippen LogP contribution in [0, 0.1) is 0 Å². The van der Waals surface area contributed by atoms with Gasteiger partial charge in [-0.3, -0.25) is 9.59 Å². The van der Waals surface area contributed by atoms with Crippen LogP contribution in [0.15, 0.2) is 41.3 Å². The van der Waals surface area contributed by atoms with Gasteiger partial charge < -0.3 is 4.90 Å². The summed E-state index contributed by atoms with van der Waals surface area (Å²) in [6, 6.07) is 9.18. The zero-order chi connectivity index (χ0) is 19.3. The van der Waals surface area contributed by atoms with Crippen LogP contribution in [0.4, 0.5) is 5.69 Å². The summed E-state index contributed by atoms with van der Waals surface area (Å²) < 4.78 is 26.4. The lowest BCUT2D eigenvalue weighted by atomic mass is 10.1. The quantitative estimate of drug-likeness (QED) is 0.706. The Morgan fingerprint density at radius 1 is 0.963 bits per heavy atom. The molecular formula is C18H14Cl2N2O4S. The monoisotopic (exact) mass is 424 g/mol. The summed E-state index contributed by atoms with van der Waals surface area (Å²) in [5.74, 6) is -1.42. The van der Waals surface area contributed by atoms with Gasteiger partial charge >= 0.3 is 0 Å². The number of amides is 1. The topological polar surface area (TPSA) is 74.8 Å². The van der Waals surface area contributed by atoms with Crippen molar-refractivity contribution in [1.82, 2.24) is 4.31 Å². The van der Waals surface area contributed by atoms with Crippen LogP contribution in [-0.2, 0) is 21.4 Å². The highest BCUT2D eigenvalue weighted by atomic mass is 35.5. The molecule has 1 saturated heterocycles. The van der Waals surface area contributed by atoms with Gasteiger partial charge in [-0.25, -0.2) is 8.42 Å². The summed E-state index contributed by atoms with van der Waals surface area (Å²) in [4.78, 5) is 26.2. The number of carbonyl (C=O) groups is 2. The molecule has 2 heterocycles. The van der Waals surface area contributed by atoms with Crippen LogP contribution >= 0.6 is 23.2 Å². The molecule has 0 N–H and O–H groups in total. The standard InChI is InChI=1S/C18H14Cl2N2O4S/c19-14-4-2-11(8-15(14)20)10-22-16-5-3-12(9-13(16)17(23)18(22)24)27(25,26)21-6-1-7-21/h2-5,8-9H,1,6-7,10H2. The second-order valence-electron chi connectivity index (χ2n) is 6.41. The first-order valence-corrected chi connectivity index (χ1v) is 10.4. The number of anilines is 1. The molecule has 27 heavy (non-hydrogen) atoms. The second kappa shape index (κ2) is 6.60. The predicted molar refractivity (Wildman–Crippen MR) is 102 cm³/mol. The third-order valence-electron chi connectivity index (χ3n) is 4.72. The number of hydrogen-bond donors (Lipinski definition) is 0. The fourth-order valence-corrected chi connectivity index (χ4v) is 4.96. The van der Waals surface area contributed by atoms with Crippen LogP contribution < -0.4 is 4.90 Å². The van der Waals surface area contributed by atoms with Crippen LogP contribution in [0.5, 0.6) is 0 Å². The summed E-state index contributed by atoms with van der Waals surface area (Å²) in [5.41, 5.74) is 1.19.